The van der Waals surface area contributed by atoms with Gasteiger partial charge in [0.05, 0.1) is 6.04 Å². The number of hydrogen-bond acceptors (Lipinski definition) is 6. The van der Waals surface area contributed by atoms with E-state index in [1.807, 2.05) is 10.6 Å². The third kappa shape index (κ3) is 8.18. The first-order chi connectivity index (χ1) is 18.2. The zero-order chi connectivity index (χ0) is 29.4. The molecule has 0 radical (unpaired) electrons. The molecule has 0 unspecified atom stereocenters. The molecule has 2 aromatic carbocycles. The summed E-state index contributed by atoms with van der Waals surface area (Å²) in [7, 11) is 0. The fourth-order valence-corrected chi connectivity index (χ4v) is 2.92. The van der Waals surface area contributed by atoms with Crippen LogP contribution in [0.15, 0.2) is 24.3 Å². The minimum Gasteiger partial charge on any atom is -0.481 e. The van der Waals surface area contributed by atoms with Gasteiger partial charge in [-0.15, -0.1) is 0 Å². The van der Waals surface area contributed by atoms with Gasteiger partial charge in [-0.3, -0.25) is 24.0 Å². The quantitative estimate of drug-likeness (QED) is 0.185. The number of anilines is 1. The highest BCUT2D eigenvalue weighted by Crippen LogP contribution is 2.26. The SMILES string of the molecule is C[C@H](NC(=O)C(=O)Nc1c(F)cccc1F)C(=O)N[C@H](CCC(=O)O)C(=O)COc1c(F)c(F)cc(F)c1F. The average Bonchev–Trinajstić information content (AvgIpc) is 2.86. The number of carbonyl (C=O) groups is 5. The molecule has 0 saturated heterocycles. The fourth-order valence-electron chi connectivity index (χ4n) is 2.92. The van der Waals surface area contributed by atoms with E-state index in [0.29, 0.717) is 0 Å². The molecule has 0 fully saturated rings. The van der Waals surface area contributed by atoms with Gasteiger partial charge in [0.2, 0.25) is 17.5 Å². The van der Waals surface area contributed by atoms with Crippen molar-refractivity contribution in [3.63, 3.8) is 0 Å². The summed E-state index contributed by atoms with van der Waals surface area (Å²) >= 11 is 0. The van der Waals surface area contributed by atoms with Crippen LogP contribution in [0.3, 0.4) is 0 Å². The molecule has 0 bridgehead atoms. The summed E-state index contributed by atoms with van der Waals surface area (Å²) in [6, 6.07) is -0.765. The molecule has 3 amide bonds. The molecule has 2 atom stereocenters. The Labute approximate surface area is 215 Å². The van der Waals surface area contributed by atoms with Crippen LogP contribution in [-0.2, 0) is 24.0 Å². The van der Waals surface area contributed by atoms with Crippen molar-refractivity contribution in [2.24, 2.45) is 0 Å². The lowest BCUT2D eigenvalue weighted by Gasteiger charge is -2.20. The van der Waals surface area contributed by atoms with Gasteiger partial charge in [-0.2, -0.15) is 8.78 Å². The number of halogens is 6. The number of para-hydroxylation sites is 1. The van der Waals surface area contributed by atoms with Crippen LogP contribution in [0, 0.1) is 34.9 Å². The largest absolute Gasteiger partial charge is 0.481 e. The zero-order valence-electron chi connectivity index (χ0n) is 19.7. The Hall–Kier alpha value is -4.63. The molecule has 0 heterocycles. The van der Waals surface area contributed by atoms with E-state index < -0.39 is 107 Å². The van der Waals surface area contributed by atoms with Gasteiger partial charge in [-0.1, -0.05) is 6.07 Å². The lowest BCUT2D eigenvalue weighted by atomic mass is 10.1. The van der Waals surface area contributed by atoms with E-state index in [1.54, 1.807) is 5.32 Å². The van der Waals surface area contributed by atoms with Gasteiger partial charge in [-0.25, -0.2) is 17.6 Å². The second-order valence-corrected chi connectivity index (χ2v) is 7.79. The van der Waals surface area contributed by atoms with Crippen LogP contribution in [0.4, 0.5) is 32.0 Å². The average molecular weight is 563 g/mol. The fraction of sp³-hybridized carbons (Fsp3) is 0.261. The molecule has 0 aliphatic carbocycles. The highest BCUT2D eigenvalue weighted by atomic mass is 19.2. The molecule has 10 nitrogen and oxygen atoms in total. The Bertz CT molecular complexity index is 1260. The van der Waals surface area contributed by atoms with Gasteiger partial charge in [0, 0.05) is 12.5 Å². The number of hydrogen-bond donors (Lipinski definition) is 4. The van der Waals surface area contributed by atoms with Crippen molar-refractivity contribution in [1.82, 2.24) is 10.6 Å². The number of ether oxygens (including phenoxy) is 1. The molecule has 39 heavy (non-hydrogen) atoms. The van der Waals surface area contributed by atoms with E-state index in [1.165, 1.54) is 0 Å². The number of amides is 3. The lowest BCUT2D eigenvalue weighted by molar-refractivity contribution is -0.139. The predicted octanol–water partition coefficient (Wildman–Crippen LogP) is 1.96. The van der Waals surface area contributed by atoms with Crippen LogP contribution in [-0.4, -0.2) is 53.3 Å². The molecular weight excluding hydrogens is 544 g/mol. The number of rotatable bonds is 11. The molecule has 0 spiro atoms. The highest BCUT2D eigenvalue weighted by Gasteiger charge is 2.28. The molecule has 210 valence electrons. The molecular formula is C23H19F6N3O7. The molecule has 2 rings (SSSR count). The van der Waals surface area contributed by atoms with E-state index in [-0.39, 0.29) is 6.07 Å². The summed E-state index contributed by atoms with van der Waals surface area (Å²) in [5, 5.41) is 14.5. The maximum absolute atomic E-state index is 13.8. The first-order valence-electron chi connectivity index (χ1n) is 10.8. The third-order valence-electron chi connectivity index (χ3n) is 4.93. The van der Waals surface area contributed by atoms with E-state index >= 15 is 0 Å². The van der Waals surface area contributed by atoms with Crippen molar-refractivity contribution in [1.29, 1.82) is 0 Å². The maximum Gasteiger partial charge on any atom is 0.313 e. The monoisotopic (exact) mass is 563 g/mol. The smallest absolute Gasteiger partial charge is 0.313 e. The van der Waals surface area contributed by atoms with Crippen LogP contribution >= 0.6 is 0 Å². The summed E-state index contributed by atoms with van der Waals surface area (Å²) < 4.78 is 86.0. The summed E-state index contributed by atoms with van der Waals surface area (Å²) in [6.45, 7) is -0.238. The minimum absolute atomic E-state index is 0.0992. The molecule has 4 N–H and O–H groups in total. The standard InChI is InChI=1S/C23H19F6N3O7/c1-9(30-22(37)23(38)32-19-10(24)3-2-4-11(19)25)21(36)31-14(5-6-16(34)35)15(33)8-39-20-17(28)12(26)7-13(27)18(20)29/h2-4,7,9,14H,5-6,8H2,1H3,(H,30,37)(H,31,36)(H,32,38)(H,34,35)/t9-,14+/m0/s1. The van der Waals surface area contributed by atoms with Crippen molar-refractivity contribution >= 4 is 35.2 Å². The normalized spacial score (nSPS) is 12.2. The van der Waals surface area contributed by atoms with E-state index in [0.717, 1.165) is 25.1 Å². The predicted molar refractivity (Wildman–Crippen MR) is 118 cm³/mol. The Kier molecular flexibility index (Phi) is 10.4. The van der Waals surface area contributed by atoms with Gasteiger partial charge in [0.15, 0.2) is 23.2 Å². The van der Waals surface area contributed by atoms with Gasteiger partial charge < -0.3 is 25.8 Å². The summed E-state index contributed by atoms with van der Waals surface area (Å²) in [5.74, 6) is -18.3. The Morgan fingerprint density at radius 3 is 1.97 bits per heavy atom. The van der Waals surface area contributed by atoms with Crippen LogP contribution in [0.1, 0.15) is 19.8 Å². The minimum atomic E-state index is -1.95. The second-order valence-electron chi connectivity index (χ2n) is 7.79. The number of Topliss-reactive ketones (excluding diaryl/α,β-unsaturated/α-hetero) is 1. The number of ketones is 1. The summed E-state index contributed by atoms with van der Waals surface area (Å²) in [4.78, 5) is 59.9. The van der Waals surface area contributed by atoms with E-state index in [2.05, 4.69) is 4.74 Å². The van der Waals surface area contributed by atoms with Gasteiger partial charge >= 0.3 is 17.8 Å². The first-order valence-corrected chi connectivity index (χ1v) is 10.8. The van der Waals surface area contributed by atoms with Crippen LogP contribution in [0.2, 0.25) is 0 Å². The topological polar surface area (TPSA) is 151 Å². The second kappa shape index (κ2) is 13.3. The van der Waals surface area contributed by atoms with Gasteiger partial charge in [0.1, 0.15) is 30.0 Å². The number of carboxylic acids is 1. The van der Waals surface area contributed by atoms with Crippen LogP contribution < -0.4 is 20.7 Å². The van der Waals surface area contributed by atoms with Crippen molar-refractivity contribution in [2.45, 2.75) is 31.8 Å². The van der Waals surface area contributed by atoms with Gasteiger partial charge in [-0.05, 0) is 25.5 Å². The van der Waals surface area contributed by atoms with E-state index in [4.69, 9.17) is 5.11 Å². The first kappa shape index (κ1) is 30.6. The van der Waals surface area contributed by atoms with Crippen LogP contribution in [0.5, 0.6) is 5.75 Å². The van der Waals surface area contributed by atoms with Crippen molar-refractivity contribution < 1.29 is 60.2 Å². The molecule has 0 aromatic heterocycles. The van der Waals surface area contributed by atoms with Crippen molar-refractivity contribution in [3.05, 3.63) is 59.2 Å². The molecule has 0 aliphatic rings. The van der Waals surface area contributed by atoms with Crippen LogP contribution in [0.25, 0.3) is 0 Å². The molecule has 2 aromatic rings. The van der Waals surface area contributed by atoms with Gasteiger partial charge in [0.25, 0.3) is 0 Å². The molecule has 0 saturated carbocycles. The number of nitrogens with one attached hydrogen (secondary N) is 3. The van der Waals surface area contributed by atoms with Crippen molar-refractivity contribution in [2.75, 3.05) is 11.9 Å². The number of carboxylic acid groups (broad SMARTS) is 1. The Morgan fingerprint density at radius 1 is 0.872 bits per heavy atom. The molecule has 0 aliphatic heterocycles. The lowest BCUT2D eigenvalue weighted by Crippen LogP contribution is -2.52. The highest BCUT2D eigenvalue weighted by molar-refractivity contribution is 6.40. The summed E-state index contributed by atoms with van der Waals surface area (Å²) in [6.07, 6.45) is -1.29. The third-order valence-corrected chi connectivity index (χ3v) is 4.93. The number of carbonyl (C=O) groups excluding carboxylic acids is 4. The Balaban J connectivity index is 2.06. The molecule has 16 heteroatoms. The maximum atomic E-state index is 13.8. The summed E-state index contributed by atoms with van der Waals surface area (Å²) in [5.41, 5.74) is -0.930. The van der Waals surface area contributed by atoms with Crippen molar-refractivity contribution in [3.8, 4) is 5.75 Å². The Morgan fingerprint density at radius 2 is 1.44 bits per heavy atom. The number of benzene rings is 2. The zero-order valence-corrected chi connectivity index (χ0v) is 19.7. The number of aliphatic carboxylic acids is 1. The van der Waals surface area contributed by atoms with E-state index in [9.17, 15) is 50.3 Å².